The first kappa shape index (κ1) is 22.2. The number of anilines is 1. The summed E-state index contributed by atoms with van der Waals surface area (Å²) in [7, 11) is -3.55. The van der Waals surface area contributed by atoms with Crippen molar-refractivity contribution in [2.45, 2.75) is 31.6 Å². The van der Waals surface area contributed by atoms with Gasteiger partial charge in [0, 0.05) is 44.6 Å². The zero-order chi connectivity index (χ0) is 22.6. The highest BCUT2D eigenvalue weighted by Crippen LogP contribution is 2.23. The number of aryl methyl sites for hydroxylation is 1. The molecule has 0 bridgehead atoms. The van der Waals surface area contributed by atoms with Crippen molar-refractivity contribution >= 4 is 15.8 Å². The van der Waals surface area contributed by atoms with Crippen molar-refractivity contribution in [3.63, 3.8) is 0 Å². The van der Waals surface area contributed by atoms with E-state index in [1.54, 1.807) is 30.5 Å². The van der Waals surface area contributed by atoms with Crippen molar-refractivity contribution in [1.29, 1.82) is 0 Å². The van der Waals surface area contributed by atoms with Crippen molar-refractivity contribution in [3.05, 3.63) is 54.9 Å². The van der Waals surface area contributed by atoms with Crippen LogP contribution in [0.3, 0.4) is 0 Å². The van der Waals surface area contributed by atoms with Gasteiger partial charge >= 0.3 is 0 Å². The van der Waals surface area contributed by atoms with Crippen LogP contribution in [0.2, 0.25) is 0 Å². The topological polar surface area (TPSA) is 93.5 Å². The van der Waals surface area contributed by atoms with E-state index in [9.17, 15) is 8.42 Å². The molecule has 1 aromatic carbocycles. The number of imidazole rings is 1. The second kappa shape index (κ2) is 9.66. The Balaban J connectivity index is 1.40. The molecule has 3 aromatic rings. The van der Waals surface area contributed by atoms with Crippen molar-refractivity contribution < 1.29 is 13.2 Å². The van der Waals surface area contributed by atoms with Gasteiger partial charge in [-0.3, -0.25) is 4.57 Å². The number of unbranched alkanes of at least 4 members (excludes halogenated alkanes) is 1. The molecule has 3 heterocycles. The number of sulfonamides is 1. The average Bonchev–Trinajstić information content (AvgIpc) is 3.26. The van der Waals surface area contributed by atoms with Crippen LogP contribution in [0.15, 0.2) is 53.9 Å². The summed E-state index contributed by atoms with van der Waals surface area (Å²) in [6.07, 6.45) is 7.13. The Bertz CT molecular complexity index is 1140. The van der Waals surface area contributed by atoms with E-state index in [2.05, 4.69) is 26.8 Å². The van der Waals surface area contributed by atoms with Gasteiger partial charge in [0.25, 0.3) is 0 Å². The SMILES string of the molecule is CCCCOc1ccc(S(=O)(=O)N2CCN(c3cc(-n4ccnc4C)ncn3)CC2)cc1. The van der Waals surface area contributed by atoms with Gasteiger partial charge in [-0.15, -0.1) is 0 Å². The molecule has 2 aromatic heterocycles. The fourth-order valence-electron chi connectivity index (χ4n) is 3.61. The number of ether oxygens (including phenoxy) is 1. The molecule has 0 atom stereocenters. The monoisotopic (exact) mass is 456 g/mol. The van der Waals surface area contributed by atoms with Crippen molar-refractivity contribution in [2.24, 2.45) is 0 Å². The maximum atomic E-state index is 13.1. The van der Waals surface area contributed by atoms with Gasteiger partial charge in [-0.25, -0.2) is 23.4 Å². The van der Waals surface area contributed by atoms with Crippen LogP contribution in [0.25, 0.3) is 5.82 Å². The minimum absolute atomic E-state index is 0.286. The molecule has 0 amide bonds. The standard InChI is InChI=1S/C22H28N6O3S/c1-3-4-15-31-19-5-7-20(8-6-19)32(29,30)27-13-11-26(12-14-27)21-16-22(25-17-24-21)28-10-9-23-18(28)2/h5-10,16-17H,3-4,11-15H2,1-2H3. The van der Waals surface area contributed by atoms with E-state index in [4.69, 9.17) is 4.74 Å². The molecule has 0 radical (unpaired) electrons. The summed E-state index contributed by atoms with van der Waals surface area (Å²) in [6.45, 7) is 6.53. The summed E-state index contributed by atoms with van der Waals surface area (Å²) >= 11 is 0. The Morgan fingerprint density at radius 3 is 2.38 bits per heavy atom. The largest absolute Gasteiger partial charge is 0.494 e. The summed E-state index contributed by atoms with van der Waals surface area (Å²) in [6, 6.07) is 8.58. The van der Waals surface area contributed by atoms with Crippen LogP contribution in [0.1, 0.15) is 25.6 Å². The maximum Gasteiger partial charge on any atom is 0.243 e. The van der Waals surface area contributed by atoms with Gasteiger partial charge in [0.2, 0.25) is 10.0 Å². The van der Waals surface area contributed by atoms with Crippen LogP contribution in [-0.2, 0) is 10.0 Å². The number of rotatable bonds is 8. The lowest BCUT2D eigenvalue weighted by Gasteiger charge is -2.34. The lowest BCUT2D eigenvalue weighted by atomic mass is 10.3. The Morgan fingerprint density at radius 2 is 1.72 bits per heavy atom. The molecular weight excluding hydrogens is 428 g/mol. The van der Waals surface area contributed by atoms with Crippen LogP contribution in [0, 0.1) is 6.92 Å². The Kier molecular flexibility index (Phi) is 6.71. The smallest absolute Gasteiger partial charge is 0.243 e. The number of aromatic nitrogens is 4. The average molecular weight is 457 g/mol. The molecular formula is C22H28N6O3S. The van der Waals surface area contributed by atoms with Gasteiger partial charge in [0.15, 0.2) is 0 Å². The molecule has 1 saturated heterocycles. The van der Waals surface area contributed by atoms with Gasteiger partial charge in [-0.05, 0) is 37.6 Å². The predicted octanol–water partition coefficient (Wildman–Crippen LogP) is 2.66. The van der Waals surface area contributed by atoms with E-state index in [0.29, 0.717) is 38.5 Å². The molecule has 0 spiro atoms. The number of nitrogens with zero attached hydrogens (tertiary/aromatic N) is 6. The van der Waals surface area contributed by atoms with Crippen LogP contribution in [-0.4, -0.2) is 65.0 Å². The van der Waals surface area contributed by atoms with E-state index in [1.165, 1.54) is 10.6 Å². The maximum absolute atomic E-state index is 13.1. The molecule has 9 nitrogen and oxygen atoms in total. The van der Waals surface area contributed by atoms with Crippen molar-refractivity contribution in [1.82, 2.24) is 23.8 Å². The summed E-state index contributed by atoms with van der Waals surface area (Å²) in [4.78, 5) is 15.3. The van der Waals surface area contributed by atoms with Gasteiger partial charge in [-0.2, -0.15) is 4.31 Å². The molecule has 32 heavy (non-hydrogen) atoms. The van der Waals surface area contributed by atoms with Gasteiger partial charge in [0.1, 0.15) is 29.5 Å². The Labute approximate surface area is 188 Å². The molecule has 0 unspecified atom stereocenters. The molecule has 0 N–H and O–H groups in total. The minimum atomic E-state index is -3.55. The van der Waals surface area contributed by atoms with Crippen molar-refractivity contribution in [2.75, 3.05) is 37.7 Å². The highest BCUT2D eigenvalue weighted by molar-refractivity contribution is 7.89. The van der Waals surface area contributed by atoms with Gasteiger partial charge in [-0.1, -0.05) is 13.3 Å². The van der Waals surface area contributed by atoms with Crippen LogP contribution >= 0.6 is 0 Å². The first-order valence-corrected chi connectivity index (χ1v) is 12.2. The fourth-order valence-corrected chi connectivity index (χ4v) is 5.03. The van der Waals surface area contributed by atoms with Gasteiger partial charge < -0.3 is 9.64 Å². The molecule has 0 saturated carbocycles. The minimum Gasteiger partial charge on any atom is -0.494 e. The predicted molar refractivity (Wildman–Crippen MR) is 122 cm³/mol. The first-order valence-electron chi connectivity index (χ1n) is 10.8. The summed E-state index contributed by atoms with van der Waals surface area (Å²) in [5.74, 6) is 3.04. The number of hydrogen-bond donors (Lipinski definition) is 0. The third-order valence-electron chi connectivity index (χ3n) is 5.50. The highest BCUT2D eigenvalue weighted by atomic mass is 32.2. The second-order valence-corrected chi connectivity index (χ2v) is 9.58. The molecule has 170 valence electrons. The molecule has 0 aliphatic carbocycles. The Morgan fingerprint density at radius 1 is 1.00 bits per heavy atom. The summed E-state index contributed by atoms with van der Waals surface area (Å²) < 4.78 is 35.2. The molecule has 1 aliphatic rings. The lowest BCUT2D eigenvalue weighted by molar-refractivity contribution is 0.309. The molecule has 4 rings (SSSR count). The van der Waals surface area contributed by atoms with E-state index in [0.717, 1.165) is 30.3 Å². The molecule has 1 aliphatic heterocycles. The van der Waals surface area contributed by atoms with Crippen molar-refractivity contribution in [3.8, 4) is 11.6 Å². The third kappa shape index (κ3) is 4.76. The fraction of sp³-hybridized carbons (Fsp3) is 0.409. The number of benzene rings is 1. The highest BCUT2D eigenvalue weighted by Gasteiger charge is 2.29. The quantitative estimate of drug-likeness (QED) is 0.481. The zero-order valence-corrected chi connectivity index (χ0v) is 19.2. The van der Waals surface area contributed by atoms with E-state index < -0.39 is 10.0 Å². The second-order valence-electron chi connectivity index (χ2n) is 7.64. The normalized spacial score (nSPS) is 15.1. The van der Waals surface area contributed by atoms with E-state index >= 15 is 0 Å². The van der Waals surface area contributed by atoms with Gasteiger partial charge in [0.05, 0.1) is 11.5 Å². The lowest BCUT2D eigenvalue weighted by Crippen LogP contribution is -2.48. The summed E-state index contributed by atoms with van der Waals surface area (Å²) in [5, 5.41) is 0. The molecule has 1 fully saturated rings. The third-order valence-corrected chi connectivity index (χ3v) is 7.41. The van der Waals surface area contributed by atoms with Crippen LogP contribution < -0.4 is 9.64 Å². The van der Waals surface area contributed by atoms with Crippen LogP contribution in [0.4, 0.5) is 5.82 Å². The molecule has 10 heteroatoms. The zero-order valence-electron chi connectivity index (χ0n) is 18.4. The first-order chi connectivity index (χ1) is 15.5. The van der Waals surface area contributed by atoms with E-state index in [-0.39, 0.29) is 4.90 Å². The summed E-state index contributed by atoms with van der Waals surface area (Å²) in [5.41, 5.74) is 0. The number of hydrogen-bond acceptors (Lipinski definition) is 7. The number of piperazine rings is 1. The van der Waals surface area contributed by atoms with E-state index in [1.807, 2.05) is 23.8 Å². The Hall–Kier alpha value is -2.98. The van der Waals surface area contributed by atoms with Crippen LogP contribution in [0.5, 0.6) is 5.75 Å².